The van der Waals surface area contributed by atoms with Crippen molar-refractivity contribution in [3.8, 4) is 0 Å². The van der Waals surface area contributed by atoms with Crippen LogP contribution in [0.2, 0.25) is 10.0 Å². The zero-order chi connectivity index (χ0) is 18.0. The Morgan fingerprint density at radius 1 is 1.08 bits per heavy atom. The van der Waals surface area contributed by atoms with E-state index in [4.69, 9.17) is 23.2 Å². The number of rotatable bonds is 6. The minimum atomic E-state index is -3.56. The van der Waals surface area contributed by atoms with Crippen LogP contribution in [0.15, 0.2) is 47.4 Å². The summed E-state index contributed by atoms with van der Waals surface area (Å²) in [4.78, 5) is 12.3. The van der Waals surface area contributed by atoms with E-state index in [1.54, 1.807) is 30.3 Å². The molecule has 2 aromatic carbocycles. The van der Waals surface area contributed by atoms with Crippen molar-refractivity contribution in [3.05, 3.63) is 58.1 Å². The van der Waals surface area contributed by atoms with Crippen LogP contribution >= 0.6 is 23.2 Å². The summed E-state index contributed by atoms with van der Waals surface area (Å²) in [5.74, 6) is -0.275. The fourth-order valence-corrected chi connectivity index (χ4v) is 3.94. The van der Waals surface area contributed by atoms with E-state index in [2.05, 4.69) is 10.0 Å². The minimum absolute atomic E-state index is 0.0258. The predicted octanol–water partition coefficient (Wildman–Crippen LogP) is 3.62. The molecular formula is C17H16Cl2N2O3S. The molecule has 25 heavy (non-hydrogen) atoms. The third-order valence-corrected chi connectivity index (χ3v) is 5.93. The molecule has 0 heterocycles. The van der Waals surface area contributed by atoms with Crippen molar-refractivity contribution in [2.24, 2.45) is 0 Å². The molecule has 3 rings (SSSR count). The van der Waals surface area contributed by atoms with Gasteiger partial charge in [-0.3, -0.25) is 4.79 Å². The molecule has 0 aromatic heterocycles. The third kappa shape index (κ3) is 4.95. The molecule has 0 radical (unpaired) electrons. The highest BCUT2D eigenvalue weighted by Crippen LogP contribution is 2.24. The molecular weight excluding hydrogens is 383 g/mol. The van der Waals surface area contributed by atoms with Crippen LogP contribution in [-0.2, 0) is 21.2 Å². The normalized spacial score (nSPS) is 14.3. The van der Waals surface area contributed by atoms with Crippen molar-refractivity contribution in [2.45, 2.75) is 30.2 Å². The molecule has 0 unspecified atom stereocenters. The van der Waals surface area contributed by atoms with Crippen molar-refractivity contribution < 1.29 is 13.2 Å². The Hall–Kier alpha value is -1.60. The molecule has 1 aliphatic rings. The molecule has 8 heteroatoms. The van der Waals surface area contributed by atoms with E-state index in [9.17, 15) is 13.2 Å². The van der Waals surface area contributed by atoms with Gasteiger partial charge in [-0.1, -0.05) is 35.3 Å². The number of nitrogens with one attached hydrogen (secondary N) is 2. The third-order valence-electron chi connectivity index (χ3n) is 3.68. The molecule has 1 amide bonds. The molecule has 1 saturated carbocycles. The predicted molar refractivity (Wildman–Crippen MR) is 98.6 cm³/mol. The van der Waals surface area contributed by atoms with Crippen molar-refractivity contribution in [2.75, 3.05) is 5.32 Å². The lowest BCUT2D eigenvalue weighted by molar-refractivity contribution is -0.115. The number of sulfonamides is 1. The van der Waals surface area contributed by atoms with Crippen molar-refractivity contribution in [1.82, 2.24) is 4.72 Å². The van der Waals surface area contributed by atoms with E-state index < -0.39 is 10.0 Å². The van der Waals surface area contributed by atoms with Crippen LogP contribution in [0.3, 0.4) is 0 Å². The van der Waals surface area contributed by atoms with E-state index in [1.807, 2.05) is 0 Å². The Balaban J connectivity index is 1.68. The highest BCUT2D eigenvalue weighted by Gasteiger charge is 2.28. The fourth-order valence-electron chi connectivity index (χ4n) is 2.27. The van der Waals surface area contributed by atoms with Gasteiger partial charge >= 0.3 is 0 Å². The Morgan fingerprint density at radius 2 is 1.84 bits per heavy atom. The van der Waals surface area contributed by atoms with E-state index in [1.165, 1.54) is 12.1 Å². The number of carbonyl (C=O) groups is 1. The molecule has 132 valence electrons. The zero-order valence-corrected chi connectivity index (χ0v) is 15.5. The van der Waals surface area contributed by atoms with Crippen LogP contribution in [0.1, 0.15) is 18.4 Å². The molecule has 5 nitrogen and oxygen atoms in total. The summed E-state index contributed by atoms with van der Waals surface area (Å²) in [6.45, 7) is 0. The summed E-state index contributed by atoms with van der Waals surface area (Å²) in [5, 5.41) is 3.50. The first kappa shape index (κ1) is 18.2. The van der Waals surface area contributed by atoms with Gasteiger partial charge in [-0.05, 0) is 48.7 Å². The lowest BCUT2D eigenvalue weighted by Gasteiger charge is -2.09. The Kier molecular flexibility index (Phi) is 5.34. The second kappa shape index (κ2) is 7.33. The number of hydrogen-bond donors (Lipinski definition) is 2. The van der Waals surface area contributed by atoms with Crippen LogP contribution in [0, 0.1) is 0 Å². The number of carbonyl (C=O) groups excluding carboxylic acids is 1. The number of anilines is 1. The smallest absolute Gasteiger partial charge is 0.240 e. The molecule has 1 aliphatic carbocycles. The minimum Gasteiger partial charge on any atom is -0.326 e. The van der Waals surface area contributed by atoms with Gasteiger partial charge in [0, 0.05) is 11.7 Å². The van der Waals surface area contributed by atoms with E-state index in [-0.39, 0.29) is 23.3 Å². The quantitative estimate of drug-likeness (QED) is 0.779. The highest BCUT2D eigenvalue weighted by molar-refractivity contribution is 7.89. The second-order valence-corrected chi connectivity index (χ2v) is 8.43. The number of benzene rings is 2. The maximum atomic E-state index is 12.2. The zero-order valence-electron chi connectivity index (χ0n) is 13.1. The molecule has 0 bridgehead atoms. The maximum absolute atomic E-state index is 12.2. The summed E-state index contributed by atoms with van der Waals surface area (Å²) in [7, 11) is -3.56. The van der Waals surface area contributed by atoms with E-state index in [0.29, 0.717) is 21.3 Å². The summed E-state index contributed by atoms with van der Waals surface area (Å²) >= 11 is 11.8. The molecule has 0 saturated heterocycles. The number of halogens is 2. The van der Waals surface area contributed by atoms with Gasteiger partial charge in [0.05, 0.1) is 21.4 Å². The summed E-state index contributed by atoms with van der Waals surface area (Å²) in [5.41, 5.74) is 1.13. The van der Waals surface area contributed by atoms with Gasteiger partial charge in [0.2, 0.25) is 15.9 Å². The molecule has 2 aromatic rings. The van der Waals surface area contributed by atoms with Crippen molar-refractivity contribution in [3.63, 3.8) is 0 Å². The fraction of sp³-hybridized carbons (Fsp3) is 0.235. The van der Waals surface area contributed by atoms with Crippen molar-refractivity contribution >= 4 is 44.8 Å². The van der Waals surface area contributed by atoms with Gasteiger partial charge in [-0.15, -0.1) is 0 Å². The average molecular weight is 399 g/mol. The monoisotopic (exact) mass is 398 g/mol. The molecule has 0 spiro atoms. The van der Waals surface area contributed by atoms with Crippen LogP contribution < -0.4 is 10.0 Å². The van der Waals surface area contributed by atoms with Gasteiger partial charge in [-0.25, -0.2) is 13.1 Å². The first-order chi connectivity index (χ1) is 11.8. The van der Waals surface area contributed by atoms with E-state index >= 15 is 0 Å². The van der Waals surface area contributed by atoms with Gasteiger partial charge < -0.3 is 5.32 Å². The average Bonchev–Trinajstić information content (AvgIpc) is 3.34. The van der Waals surface area contributed by atoms with Crippen LogP contribution in [0.4, 0.5) is 5.69 Å². The van der Waals surface area contributed by atoms with Gasteiger partial charge in [-0.2, -0.15) is 0 Å². The lowest BCUT2D eigenvalue weighted by atomic mass is 10.1. The standard InChI is InChI=1S/C17H16Cl2N2O3S/c18-15-7-4-11(8-16(15)19)9-17(22)20-13-2-1-3-14(10-13)25(23,24)21-12-5-6-12/h1-4,7-8,10,12,21H,5-6,9H2,(H,20,22). The molecule has 0 atom stereocenters. The lowest BCUT2D eigenvalue weighted by Crippen LogP contribution is -2.25. The van der Waals surface area contributed by atoms with Crippen LogP contribution in [0.25, 0.3) is 0 Å². The number of hydrogen-bond acceptors (Lipinski definition) is 3. The maximum Gasteiger partial charge on any atom is 0.240 e. The number of amides is 1. The first-order valence-corrected chi connectivity index (χ1v) is 9.93. The largest absolute Gasteiger partial charge is 0.326 e. The topological polar surface area (TPSA) is 75.3 Å². The summed E-state index contributed by atoms with van der Waals surface area (Å²) < 4.78 is 27.1. The molecule has 2 N–H and O–H groups in total. The Morgan fingerprint density at radius 3 is 2.52 bits per heavy atom. The molecule has 1 fully saturated rings. The summed E-state index contributed by atoms with van der Waals surface area (Å²) in [6, 6.07) is 11.2. The van der Waals surface area contributed by atoms with Gasteiger partial charge in [0.1, 0.15) is 0 Å². The first-order valence-electron chi connectivity index (χ1n) is 7.70. The van der Waals surface area contributed by atoms with Crippen LogP contribution in [0.5, 0.6) is 0 Å². The van der Waals surface area contributed by atoms with Crippen LogP contribution in [-0.4, -0.2) is 20.4 Å². The molecule has 0 aliphatic heterocycles. The Bertz CT molecular complexity index is 912. The SMILES string of the molecule is O=C(Cc1ccc(Cl)c(Cl)c1)Nc1cccc(S(=O)(=O)NC2CC2)c1. The van der Waals surface area contributed by atoms with E-state index in [0.717, 1.165) is 12.8 Å². The van der Waals surface area contributed by atoms with Gasteiger partial charge in [0.25, 0.3) is 0 Å². The highest BCUT2D eigenvalue weighted by atomic mass is 35.5. The second-order valence-electron chi connectivity index (χ2n) is 5.90. The Labute approximate surface area is 156 Å². The van der Waals surface area contributed by atoms with Gasteiger partial charge in [0.15, 0.2) is 0 Å². The van der Waals surface area contributed by atoms with Crippen molar-refractivity contribution in [1.29, 1.82) is 0 Å². The summed E-state index contributed by atoms with van der Waals surface area (Å²) in [6.07, 6.45) is 1.83.